The number of halogens is 3. The molecule has 5 rings (SSSR count). The first-order valence-electron chi connectivity index (χ1n) is 12.7. The van der Waals surface area contributed by atoms with Gasteiger partial charge in [0.15, 0.2) is 0 Å². The number of hydrogen-bond acceptors (Lipinski definition) is 8. The Morgan fingerprint density at radius 2 is 1.88 bits per heavy atom. The molecule has 1 atom stereocenters. The second kappa shape index (κ2) is 11.8. The number of nitrogens with one attached hydrogen (secondary N) is 1. The Kier molecular flexibility index (Phi) is 8.18. The maximum Gasteiger partial charge on any atom is 0.337 e. The van der Waals surface area contributed by atoms with Crippen LogP contribution in [0.15, 0.2) is 60.8 Å². The average Bonchev–Trinajstić information content (AvgIpc) is 2.95. The molecule has 1 aliphatic rings. The molecule has 0 bridgehead atoms. The summed E-state index contributed by atoms with van der Waals surface area (Å²) in [6.45, 7) is 3.77. The first kappa shape index (κ1) is 28.4. The number of hydrogen-bond donors (Lipinski definition) is 1. The van der Waals surface area contributed by atoms with Gasteiger partial charge in [0.25, 0.3) is 5.91 Å². The zero-order valence-corrected chi connectivity index (χ0v) is 22.7. The predicted octanol–water partition coefficient (Wildman–Crippen LogP) is 4.12. The van der Waals surface area contributed by atoms with E-state index in [9.17, 15) is 26.4 Å². The molecule has 1 aromatic carbocycles. The van der Waals surface area contributed by atoms with Gasteiger partial charge in [-0.05, 0) is 42.8 Å². The van der Waals surface area contributed by atoms with Gasteiger partial charge in [-0.15, -0.1) is 0 Å². The maximum absolute atomic E-state index is 14.6. The lowest BCUT2D eigenvalue weighted by Crippen LogP contribution is -2.41. The number of aromatic nitrogens is 3. The standard InChI is InChI=1S/C28H26F3N5O4S/c1-17-15-36(8-9-40-17)26-11-21(29)10-25(35-26)23-7-6-20-13-32-22(12-24(20)34-23)14-33-27(37)19-4-2-18(3-5-19)16-41(38,39)28(30)31/h2-7,10-13,17,28H,8-9,14-16H2,1H3,(H,33,37)/t17-/m0/s1. The second-order valence-electron chi connectivity index (χ2n) is 9.67. The highest BCUT2D eigenvalue weighted by atomic mass is 32.2. The van der Waals surface area contributed by atoms with Gasteiger partial charge in [0.2, 0.25) is 9.84 Å². The van der Waals surface area contributed by atoms with Crippen molar-refractivity contribution in [3.63, 3.8) is 0 Å². The van der Waals surface area contributed by atoms with Crippen molar-refractivity contribution in [3.05, 3.63) is 83.4 Å². The van der Waals surface area contributed by atoms with Crippen LogP contribution in [0.4, 0.5) is 19.0 Å². The summed E-state index contributed by atoms with van der Waals surface area (Å²) in [4.78, 5) is 28.2. The minimum absolute atomic E-state index is 0.0126. The Balaban J connectivity index is 1.29. The lowest BCUT2D eigenvalue weighted by molar-refractivity contribution is 0.0529. The van der Waals surface area contributed by atoms with E-state index in [1.165, 1.54) is 36.4 Å². The van der Waals surface area contributed by atoms with Crippen molar-refractivity contribution in [2.75, 3.05) is 24.6 Å². The number of nitrogens with zero attached hydrogens (tertiary/aromatic N) is 4. The highest BCUT2D eigenvalue weighted by Crippen LogP contribution is 2.25. The number of sulfone groups is 1. The van der Waals surface area contributed by atoms with Gasteiger partial charge < -0.3 is 15.0 Å². The van der Waals surface area contributed by atoms with Crippen LogP contribution in [0.2, 0.25) is 0 Å². The number of amides is 1. The highest BCUT2D eigenvalue weighted by Gasteiger charge is 2.24. The summed E-state index contributed by atoms with van der Waals surface area (Å²) >= 11 is 0. The molecule has 0 spiro atoms. The van der Waals surface area contributed by atoms with Gasteiger partial charge in [0, 0.05) is 42.4 Å². The average molecular weight is 586 g/mol. The van der Waals surface area contributed by atoms with Crippen molar-refractivity contribution in [2.45, 2.75) is 31.1 Å². The molecular weight excluding hydrogens is 559 g/mol. The van der Waals surface area contributed by atoms with Crippen molar-refractivity contribution >= 4 is 32.5 Å². The van der Waals surface area contributed by atoms with E-state index in [4.69, 9.17) is 4.74 Å². The van der Waals surface area contributed by atoms with Crippen molar-refractivity contribution in [3.8, 4) is 11.4 Å². The van der Waals surface area contributed by atoms with E-state index in [1.807, 2.05) is 17.9 Å². The van der Waals surface area contributed by atoms with Crippen LogP contribution in [0.25, 0.3) is 22.3 Å². The lowest BCUT2D eigenvalue weighted by Gasteiger charge is -2.32. The minimum atomic E-state index is -4.56. The summed E-state index contributed by atoms with van der Waals surface area (Å²) in [5.74, 6) is -4.65. The second-order valence-corrected chi connectivity index (χ2v) is 11.6. The summed E-state index contributed by atoms with van der Waals surface area (Å²) in [5.41, 5.74) is 2.35. The fraction of sp³-hybridized carbons (Fsp3) is 0.286. The Hall–Kier alpha value is -4.10. The molecule has 3 aromatic heterocycles. The zero-order valence-electron chi connectivity index (χ0n) is 21.9. The highest BCUT2D eigenvalue weighted by molar-refractivity contribution is 7.90. The van der Waals surface area contributed by atoms with Crippen LogP contribution in [0, 0.1) is 5.82 Å². The van der Waals surface area contributed by atoms with E-state index >= 15 is 0 Å². The molecule has 0 aliphatic carbocycles. The summed E-state index contributed by atoms with van der Waals surface area (Å²) in [5, 5.41) is 3.47. The van der Waals surface area contributed by atoms with Gasteiger partial charge in [-0.25, -0.2) is 22.8 Å². The Morgan fingerprint density at radius 1 is 1.10 bits per heavy atom. The Labute approximate surface area is 234 Å². The quantitative estimate of drug-likeness (QED) is 0.329. The van der Waals surface area contributed by atoms with E-state index in [-0.39, 0.29) is 23.8 Å². The van der Waals surface area contributed by atoms with Gasteiger partial charge in [-0.3, -0.25) is 9.78 Å². The number of pyridine rings is 3. The molecule has 13 heteroatoms. The number of morpholine rings is 1. The van der Waals surface area contributed by atoms with Gasteiger partial charge in [0.1, 0.15) is 11.6 Å². The molecule has 1 amide bonds. The SMILES string of the molecule is C[C@H]1CN(c2cc(F)cc(-c3ccc4cnc(CNC(=O)c5ccc(CS(=O)(=O)C(F)F)cc5)cc4n3)n2)CCO1. The first-order valence-corrected chi connectivity index (χ1v) is 14.5. The number of fused-ring (bicyclic) bond motifs is 1. The largest absolute Gasteiger partial charge is 0.375 e. The van der Waals surface area contributed by atoms with E-state index in [0.717, 1.165) is 5.39 Å². The van der Waals surface area contributed by atoms with Crippen molar-refractivity contribution in [1.82, 2.24) is 20.3 Å². The summed E-state index contributed by atoms with van der Waals surface area (Å²) < 4.78 is 68.1. The molecule has 9 nitrogen and oxygen atoms in total. The molecule has 41 heavy (non-hydrogen) atoms. The molecule has 0 saturated carbocycles. The third-order valence-corrected chi connectivity index (χ3v) is 7.80. The van der Waals surface area contributed by atoms with Crippen molar-refractivity contribution in [2.24, 2.45) is 0 Å². The van der Waals surface area contributed by atoms with E-state index in [0.29, 0.717) is 48.1 Å². The van der Waals surface area contributed by atoms with Gasteiger partial charge in [-0.2, -0.15) is 8.78 Å². The Morgan fingerprint density at radius 3 is 2.61 bits per heavy atom. The number of anilines is 1. The van der Waals surface area contributed by atoms with Gasteiger partial charge in [0.05, 0.1) is 47.6 Å². The maximum atomic E-state index is 14.6. The molecule has 214 valence electrons. The fourth-order valence-electron chi connectivity index (χ4n) is 4.42. The van der Waals surface area contributed by atoms with Crippen LogP contribution in [0.3, 0.4) is 0 Å². The fourth-order valence-corrected chi connectivity index (χ4v) is 5.20. The predicted molar refractivity (Wildman–Crippen MR) is 147 cm³/mol. The van der Waals surface area contributed by atoms with E-state index < -0.39 is 33.1 Å². The molecular formula is C28H26F3N5O4S. The molecule has 1 fully saturated rings. The normalized spacial score (nSPS) is 15.8. The smallest absolute Gasteiger partial charge is 0.337 e. The van der Waals surface area contributed by atoms with Crippen LogP contribution in [-0.2, 0) is 26.9 Å². The third kappa shape index (κ3) is 6.80. The van der Waals surface area contributed by atoms with Gasteiger partial charge >= 0.3 is 5.76 Å². The molecule has 1 saturated heterocycles. The van der Waals surface area contributed by atoms with Crippen molar-refractivity contribution < 1.29 is 31.1 Å². The van der Waals surface area contributed by atoms with Crippen LogP contribution in [0.1, 0.15) is 28.5 Å². The molecule has 1 aliphatic heterocycles. The van der Waals surface area contributed by atoms with Gasteiger partial charge in [-0.1, -0.05) is 12.1 Å². The molecule has 0 radical (unpaired) electrons. The number of rotatable bonds is 8. The van der Waals surface area contributed by atoms with Crippen LogP contribution < -0.4 is 10.2 Å². The monoisotopic (exact) mass is 585 g/mol. The minimum Gasteiger partial charge on any atom is -0.375 e. The van der Waals surface area contributed by atoms with E-state index in [2.05, 4.69) is 20.3 Å². The van der Waals surface area contributed by atoms with E-state index in [1.54, 1.807) is 18.3 Å². The lowest BCUT2D eigenvalue weighted by atomic mass is 10.1. The van der Waals surface area contributed by atoms with Crippen LogP contribution >= 0.6 is 0 Å². The number of carbonyl (C=O) groups excluding carboxylic acids is 1. The zero-order chi connectivity index (χ0) is 29.1. The van der Waals surface area contributed by atoms with Crippen LogP contribution in [-0.4, -0.2) is 60.8 Å². The molecule has 4 heterocycles. The molecule has 0 unspecified atom stereocenters. The summed E-state index contributed by atoms with van der Waals surface area (Å²) in [7, 11) is -4.56. The molecule has 4 aromatic rings. The number of carbonyl (C=O) groups is 1. The third-order valence-electron chi connectivity index (χ3n) is 6.52. The number of ether oxygens (including phenoxy) is 1. The summed E-state index contributed by atoms with van der Waals surface area (Å²) in [6, 6.07) is 13.4. The van der Waals surface area contributed by atoms with Crippen molar-refractivity contribution in [1.29, 1.82) is 0 Å². The summed E-state index contributed by atoms with van der Waals surface area (Å²) in [6.07, 6.45) is 1.63. The number of alkyl halides is 2. The first-order chi connectivity index (χ1) is 19.6. The number of benzene rings is 1. The topological polar surface area (TPSA) is 114 Å². The van der Waals surface area contributed by atoms with Crippen LogP contribution in [0.5, 0.6) is 0 Å². The Bertz CT molecular complexity index is 1690. The molecule has 1 N–H and O–H groups in total.